The molecule has 0 saturated carbocycles. The fraction of sp³-hybridized carbons (Fsp3) is 0.600. The van der Waals surface area contributed by atoms with Gasteiger partial charge in [0.15, 0.2) is 0 Å². The number of carbonyl (C=O) groups excluding carboxylic acids is 3. The normalized spacial score (nSPS) is 13.1. The van der Waals surface area contributed by atoms with Crippen molar-refractivity contribution in [2.45, 2.75) is 38.3 Å². The Labute approximate surface area is 109 Å². The van der Waals surface area contributed by atoms with Crippen LogP contribution in [0.25, 0.3) is 0 Å². The van der Waals surface area contributed by atoms with Crippen LogP contribution in [0.4, 0.5) is 4.79 Å². The highest BCUT2D eigenvalue weighted by Crippen LogP contribution is 1.98. The highest BCUT2D eigenvalue weighted by molar-refractivity contribution is 5.84. The van der Waals surface area contributed by atoms with Crippen LogP contribution < -0.4 is 22.1 Å². The lowest BCUT2D eigenvalue weighted by molar-refractivity contribution is -0.139. The second kappa shape index (κ2) is 7.90. The Kier molecular flexibility index (Phi) is 6.94. The highest BCUT2D eigenvalue weighted by atomic mass is 16.4. The molecule has 0 aromatic heterocycles. The van der Waals surface area contributed by atoms with Gasteiger partial charge in [-0.3, -0.25) is 9.59 Å². The number of aliphatic carboxylic acids is 1. The molecule has 0 rings (SSSR count). The molecule has 0 aliphatic rings. The predicted molar refractivity (Wildman–Crippen MR) is 64.8 cm³/mol. The third-order valence-electron chi connectivity index (χ3n) is 2.17. The minimum absolute atomic E-state index is 0.0631. The lowest BCUT2D eigenvalue weighted by Crippen LogP contribution is -2.49. The van der Waals surface area contributed by atoms with Crippen LogP contribution in [-0.2, 0) is 14.4 Å². The number of carboxylic acids is 1. The second-order valence-electron chi connectivity index (χ2n) is 4.09. The number of primary amides is 2. The van der Waals surface area contributed by atoms with Crippen LogP contribution in [0.1, 0.15) is 26.2 Å². The number of nitrogens with two attached hydrogens (primary N) is 2. The highest BCUT2D eigenvalue weighted by Gasteiger charge is 2.21. The van der Waals surface area contributed by atoms with E-state index < -0.39 is 35.9 Å². The van der Waals surface area contributed by atoms with Gasteiger partial charge in [0, 0.05) is 18.9 Å². The van der Waals surface area contributed by atoms with Gasteiger partial charge in [0.25, 0.3) is 0 Å². The number of carbonyl (C=O) groups is 4. The van der Waals surface area contributed by atoms with Crippen LogP contribution in [0.3, 0.4) is 0 Å². The van der Waals surface area contributed by atoms with Gasteiger partial charge < -0.3 is 27.2 Å². The van der Waals surface area contributed by atoms with Gasteiger partial charge in [-0.15, -0.1) is 0 Å². The number of urea groups is 1. The van der Waals surface area contributed by atoms with Gasteiger partial charge in [-0.1, -0.05) is 0 Å². The van der Waals surface area contributed by atoms with E-state index in [0.29, 0.717) is 0 Å². The average molecular weight is 274 g/mol. The third kappa shape index (κ3) is 8.41. The number of hydrogen-bond donors (Lipinski definition) is 5. The number of nitrogens with one attached hydrogen (secondary N) is 2. The summed E-state index contributed by atoms with van der Waals surface area (Å²) >= 11 is 0. The predicted octanol–water partition coefficient (Wildman–Crippen LogP) is -1.73. The van der Waals surface area contributed by atoms with Crippen LogP contribution >= 0.6 is 0 Å². The summed E-state index contributed by atoms with van der Waals surface area (Å²) in [5.41, 5.74) is 9.84. The zero-order chi connectivity index (χ0) is 15.0. The van der Waals surface area contributed by atoms with E-state index in [4.69, 9.17) is 16.6 Å². The fourth-order valence-electron chi connectivity index (χ4n) is 1.32. The maximum Gasteiger partial charge on any atom is 0.326 e. The zero-order valence-electron chi connectivity index (χ0n) is 10.5. The molecule has 19 heavy (non-hydrogen) atoms. The van der Waals surface area contributed by atoms with Crippen molar-refractivity contribution in [3.63, 3.8) is 0 Å². The Morgan fingerprint density at radius 3 is 2.11 bits per heavy atom. The first-order chi connectivity index (χ1) is 8.72. The van der Waals surface area contributed by atoms with Crippen molar-refractivity contribution < 1.29 is 24.3 Å². The molecule has 108 valence electrons. The molecular formula is C10H18N4O5. The first kappa shape index (κ1) is 16.7. The summed E-state index contributed by atoms with van der Waals surface area (Å²) < 4.78 is 0. The molecule has 0 radical (unpaired) electrons. The topological polar surface area (TPSA) is 165 Å². The summed E-state index contributed by atoms with van der Waals surface area (Å²) in [5.74, 6) is -2.52. The molecule has 0 aromatic rings. The van der Waals surface area contributed by atoms with Gasteiger partial charge in [0.2, 0.25) is 11.8 Å². The molecule has 2 atom stereocenters. The van der Waals surface area contributed by atoms with Crippen molar-refractivity contribution in [2.24, 2.45) is 11.5 Å². The van der Waals surface area contributed by atoms with Crippen LogP contribution in [0.5, 0.6) is 0 Å². The van der Waals surface area contributed by atoms with Crippen LogP contribution in [-0.4, -0.2) is 41.0 Å². The lowest BCUT2D eigenvalue weighted by Gasteiger charge is -2.17. The first-order valence-corrected chi connectivity index (χ1v) is 5.58. The van der Waals surface area contributed by atoms with E-state index in [2.05, 4.69) is 10.6 Å². The van der Waals surface area contributed by atoms with Crippen LogP contribution in [0, 0.1) is 0 Å². The maximum atomic E-state index is 11.4. The summed E-state index contributed by atoms with van der Waals surface area (Å²) in [5, 5.41) is 13.4. The van der Waals surface area contributed by atoms with Crippen LogP contribution in [0.15, 0.2) is 0 Å². The van der Waals surface area contributed by atoms with E-state index in [9.17, 15) is 19.2 Å². The van der Waals surface area contributed by atoms with Gasteiger partial charge in [-0.05, 0) is 13.3 Å². The minimum Gasteiger partial charge on any atom is -0.480 e. The standard InChI is InChI=1S/C10H18N4O5/c1-5(4-8(12)16)13-10(19)14-6(9(17)18)2-3-7(11)15/h5-6H,2-4H2,1H3,(H2,11,15)(H2,12,16)(H,17,18)(H2,13,14,19)/t5?,6-/m0/s1. The largest absolute Gasteiger partial charge is 0.480 e. The van der Waals surface area contributed by atoms with Crippen molar-refractivity contribution in [1.29, 1.82) is 0 Å². The van der Waals surface area contributed by atoms with E-state index in [0.717, 1.165) is 0 Å². The smallest absolute Gasteiger partial charge is 0.326 e. The number of hydrogen-bond acceptors (Lipinski definition) is 4. The van der Waals surface area contributed by atoms with E-state index in [-0.39, 0.29) is 19.3 Å². The number of carboxylic acid groups (broad SMARTS) is 1. The summed E-state index contributed by atoms with van der Waals surface area (Å²) in [7, 11) is 0. The average Bonchev–Trinajstić information content (AvgIpc) is 2.21. The quantitative estimate of drug-likeness (QED) is 0.354. The Morgan fingerprint density at radius 2 is 1.68 bits per heavy atom. The summed E-state index contributed by atoms with van der Waals surface area (Å²) in [4.78, 5) is 43.4. The van der Waals surface area contributed by atoms with Gasteiger partial charge in [-0.2, -0.15) is 0 Å². The SMILES string of the molecule is CC(CC(N)=O)NC(=O)N[C@@H](CCC(N)=O)C(=O)O. The minimum atomic E-state index is -1.28. The summed E-state index contributed by atoms with van der Waals surface area (Å²) in [6.07, 6.45) is -0.331. The lowest BCUT2D eigenvalue weighted by atomic mass is 10.1. The molecule has 0 aromatic carbocycles. The fourth-order valence-corrected chi connectivity index (χ4v) is 1.32. The molecule has 0 fully saturated rings. The zero-order valence-corrected chi connectivity index (χ0v) is 10.5. The molecule has 0 heterocycles. The summed E-state index contributed by atoms with van der Waals surface area (Å²) in [6, 6.07) is -2.51. The van der Waals surface area contributed by atoms with Crippen molar-refractivity contribution in [1.82, 2.24) is 10.6 Å². The van der Waals surface area contributed by atoms with Crippen molar-refractivity contribution in [2.75, 3.05) is 0 Å². The molecule has 0 aliphatic carbocycles. The Balaban J connectivity index is 4.27. The van der Waals surface area contributed by atoms with E-state index in [1.54, 1.807) is 6.92 Å². The Hall–Kier alpha value is -2.32. The molecule has 9 heteroatoms. The second-order valence-corrected chi connectivity index (χ2v) is 4.09. The summed E-state index contributed by atoms with van der Waals surface area (Å²) in [6.45, 7) is 1.55. The monoisotopic (exact) mass is 274 g/mol. The van der Waals surface area contributed by atoms with Crippen molar-refractivity contribution in [3.05, 3.63) is 0 Å². The molecule has 0 aliphatic heterocycles. The van der Waals surface area contributed by atoms with Crippen molar-refractivity contribution in [3.8, 4) is 0 Å². The van der Waals surface area contributed by atoms with E-state index in [1.807, 2.05) is 0 Å². The Bertz CT molecular complexity index is 371. The van der Waals surface area contributed by atoms with E-state index >= 15 is 0 Å². The van der Waals surface area contributed by atoms with Gasteiger partial charge in [-0.25, -0.2) is 9.59 Å². The van der Waals surface area contributed by atoms with Gasteiger partial charge >= 0.3 is 12.0 Å². The number of amides is 4. The van der Waals surface area contributed by atoms with Gasteiger partial charge in [0.1, 0.15) is 6.04 Å². The maximum absolute atomic E-state index is 11.4. The molecular weight excluding hydrogens is 256 g/mol. The van der Waals surface area contributed by atoms with Crippen molar-refractivity contribution >= 4 is 23.8 Å². The molecule has 9 nitrogen and oxygen atoms in total. The molecule has 4 amide bonds. The third-order valence-corrected chi connectivity index (χ3v) is 2.17. The molecule has 0 spiro atoms. The first-order valence-electron chi connectivity index (χ1n) is 5.58. The molecule has 0 bridgehead atoms. The molecule has 1 unspecified atom stereocenters. The van der Waals surface area contributed by atoms with E-state index in [1.165, 1.54) is 0 Å². The molecule has 0 saturated heterocycles. The Morgan fingerprint density at radius 1 is 1.11 bits per heavy atom. The van der Waals surface area contributed by atoms with Gasteiger partial charge in [0.05, 0.1) is 0 Å². The van der Waals surface area contributed by atoms with Crippen LogP contribution in [0.2, 0.25) is 0 Å². The molecule has 7 N–H and O–H groups in total. The number of rotatable bonds is 8.